The molecule has 0 saturated heterocycles. The van der Waals surface area contributed by atoms with E-state index in [9.17, 15) is 31.1 Å². The molecule has 42 heavy (non-hydrogen) atoms. The van der Waals surface area contributed by atoms with Gasteiger partial charge in [0, 0.05) is 5.56 Å². The summed E-state index contributed by atoms with van der Waals surface area (Å²) in [4.78, 5) is 13.5. The number of carbonyl (C=O) groups is 1. The van der Waals surface area contributed by atoms with Gasteiger partial charge in [-0.15, -0.1) is 0 Å². The summed E-state index contributed by atoms with van der Waals surface area (Å²) in [6.07, 6.45) is -9.23. The lowest BCUT2D eigenvalue weighted by atomic mass is 10.0. The number of hydrogen-bond acceptors (Lipinski definition) is 1. The largest absolute Gasteiger partial charge is 0.416 e. The predicted octanol–water partition coefficient (Wildman–Crippen LogP) is 7.86. The Labute approximate surface area is 242 Å². The van der Waals surface area contributed by atoms with Gasteiger partial charge in [-0.25, -0.2) is 0 Å². The molecule has 0 bridgehead atoms. The molecule has 4 aromatic carbocycles. The molecule has 9 heteroatoms. The molecule has 1 atom stereocenters. The number of amides is 1. The average molecular weight is 603 g/mol. The maximum Gasteiger partial charge on any atom is 0.416 e. The van der Waals surface area contributed by atoms with Crippen molar-refractivity contribution in [2.75, 3.05) is 6.16 Å². The molecule has 1 N–H and O–H groups in total. The number of nitrogens with one attached hydrogen (secondary N) is 1. The lowest BCUT2D eigenvalue weighted by Crippen LogP contribution is -2.44. The van der Waals surface area contributed by atoms with Gasteiger partial charge in [-0.2, -0.15) is 26.3 Å². The summed E-state index contributed by atoms with van der Waals surface area (Å²) in [7, 11) is -2.46. The van der Waals surface area contributed by atoms with Crippen molar-refractivity contribution in [3.05, 3.63) is 126 Å². The molecule has 0 unspecified atom stereocenters. The molecule has 0 radical (unpaired) electrons. The van der Waals surface area contributed by atoms with Crippen LogP contribution in [0.25, 0.3) is 0 Å². The zero-order valence-corrected chi connectivity index (χ0v) is 24.0. The van der Waals surface area contributed by atoms with E-state index in [1.165, 1.54) is 0 Å². The summed E-state index contributed by atoms with van der Waals surface area (Å²) < 4.78 is 81.1. The highest BCUT2D eigenvalue weighted by Gasteiger charge is 2.47. The molecular weight excluding hydrogens is 571 g/mol. The van der Waals surface area contributed by atoms with Crippen LogP contribution in [-0.2, 0) is 12.4 Å². The van der Waals surface area contributed by atoms with E-state index in [4.69, 9.17) is 0 Å². The van der Waals surface area contributed by atoms with Crippen LogP contribution >= 0.6 is 7.26 Å². The first-order valence-electron chi connectivity index (χ1n) is 13.5. The number of hydrogen-bond donors (Lipinski definition) is 1. The Morgan fingerprint density at radius 3 is 1.38 bits per heavy atom. The smallest absolute Gasteiger partial charge is 0.346 e. The van der Waals surface area contributed by atoms with Gasteiger partial charge in [-0.3, -0.25) is 4.79 Å². The van der Waals surface area contributed by atoms with Gasteiger partial charge in [0.2, 0.25) is 0 Å². The fourth-order valence-electron chi connectivity index (χ4n) is 5.24. The zero-order chi connectivity index (χ0) is 30.5. The van der Waals surface area contributed by atoms with E-state index in [1.807, 2.05) is 105 Å². The SMILES string of the molecule is CC(C)C[C@@H](C[P+](c1ccccc1)(c1ccccc1)c1ccccc1)NC(=O)c1cc(C(F)(F)F)cc(C(F)(F)F)c1. The van der Waals surface area contributed by atoms with Crippen LogP contribution in [0.3, 0.4) is 0 Å². The van der Waals surface area contributed by atoms with Crippen molar-refractivity contribution in [2.45, 2.75) is 38.7 Å². The number of halogens is 6. The third kappa shape index (κ3) is 7.22. The zero-order valence-electron chi connectivity index (χ0n) is 23.1. The molecule has 1 amide bonds. The molecule has 0 spiro atoms. The molecule has 0 saturated carbocycles. The Bertz CT molecular complexity index is 1340. The van der Waals surface area contributed by atoms with Crippen molar-refractivity contribution in [1.29, 1.82) is 0 Å². The minimum absolute atomic E-state index is 0.0269. The first kappa shape index (κ1) is 31.3. The Kier molecular flexibility index (Phi) is 9.47. The summed E-state index contributed by atoms with van der Waals surface area (Å²) in [5.74, 6) is -0.906. The van der Waals surface area contributed by atoms with Gasteiger partial charge in [-0.1, -0.05) is 68.4 Å². The van der Waals surface area contributed by atoms with Gasteiger partial charge in [-0.05, 0) is 66.9 Å². The van der Waals surface area contributed by atoms with Gasteiger partial charge in [0.1, 0.15) is 23.2 Å². The Morgan fingerprint density at radius 2 is 1.05 bits per heavy atom. The third-order valence-corrected chi connectivity index (χ3v) is 11.6. The topological polar surface area (TPSA) is 29.1 Å². The van der Waals surface area contributed by atoms with Gasteiger partial charge < -0.3 is 5.32 Å². The van der Waals surface area contributed by atoms with Crippen LogP contribution in [0, 0.1) is 5.92 Å². The quantitative estimate of drug-likeness (QED) is 0.153. The number of alkyl halides is 6. The van der Waals surface area contributed by atoms with Crippen LogP contribution in [-0.4, -0.2) is 18.1 Å². The first-order valence-corrected chi connectivity index (χ1v) is 15.4. The Morgan fingerprint density at radius 1 is 0.667 bits per heavy atom. The van der Waals surface area contributed by atoms with E-state index in [0.29, 0.717) is 24.7 Å². The monoisotopic (exact) mass is 602 g/mol. The summed E-state index contributed by atoms with van der Waals surface area (Å²) in [5.41, 5.74) is -3.74. The highest BCUT2D eigenvalue weighted by Crippen LogP contribution is 2.56. The standard InChI is InChI=1S/C33H30F6NOP/c1-23(2)18-27(40-31(41)24-19-25(32(34,35)36)21-26(20-24)33(37,38)39)22-42(28-12-6-3-7-13-28,29-14-8-4-9-15-29)30-16-10-5-11-17-30/h3-17,19-21,23,27H,18,22H2,1-2H3/p+1/t27-/m0/s1. The van der Waals surface area contributed by atoms with Crippen LogP contribution in [0.1, 0.15) is 41.8 Å². The molecule has 0 fully saturated rings. The summed E-state index contributed by atoms with van der Waals surface area (Å²) in [6, 6.07) is 30.0. The van der Waals surface area contributed by atoms with Gasteiger partial charge >= 0.3 is 12.4 Å². The van der Waals surface area contributed by atoms with Gasteiger partial charge in [0.15, 0.2) is 0 Å². The maximum absolute atomic E-state index is 13.5. The fourth-order valence-corrected chi connectivity index (χ4v) is 9.72. The van der Waals surface area contributed by atoms with Crippen molar-refractivity contribution in [1.82, 2.24) is 5.32 Å². The summed E-state index contributed by atoms with van der Waals surface area (Å²) in [5, 5.41) is 5.98. The molecule has 4 aromatic rings. The molecule has 0 aromatic heterocycles. The minimum Gasteiger partial charge on any atom is -0.346 e. The number of carbonyl (C=O) groups excluding carboxylic acids is 1. The normalized spacial score (nSPS) is 13.2. The van der Waals surface area contributed by atoms with Crippen molar-refractivity contribution >= 4 is 29.1 Å². The van der Waals surface area contributed by atoms with E-state index in [-0.39, 0.29) is 12.0 Å². The minimum atomic E-state index is -5.05. The first-order chi connectivity index (χ1) is 19.8. The summed E-state index contributed by atoms with van der Waals surface area (Å²) in [6.45, 7) is 3.91. The van der Waals surface area contributed by atoms with E-state index in [2.05, 4.69) is 5.32 Å². The van der Waals surface area contributed by atoms with Crippen molar-refractivity contribution in [3.8, 4) is 0 Å². The van der Waals surface area contributed by atoms with Crippen molar-refractivity contribution in [2.24, 2.45) is 5.92 Å². The highest BCUT2D eigenvalue weighted by molar-refractivity contribution is 7.95. The molecule has 220 valence electrons. The number of benzene rings is 4. The molecule has 0 aliphatic rings. The van der Waals surface area contributed by atoms with Crippen LogP contribution in [0.4, 0.5) is 26.3 Å². The Hall–Kier alpha value is -3.64. The molecule has 0 heterocycles. The Balaban J connectivity index is 1.83. The number of rotatable bonds is 9. The average Bonchev–Trinajstić information content (AvgIpc) is 2.95. The van der Waals surface area contributed by atoms with Crippen LogP contribution in [0.5, 0.6) is 0 Å². The van der Waals surface area contributed by atoms with E-state index >= 15 is 0 Å². The fraction of sp³-hybridized carbons (Fsp3) is 0.242. The second kappa shape index (κ2) is 12.7. The van der Waals surface area contributed by atoms with E-state index in [0.717, 1.165) is 15.9 Å². The lowest BCUT2D eigenvalue weighted by molar-refractivity contribution is -0.143. The predicted molar refractivity (Wildman–Crippen MR) is 157 cm³/mol. The van der Waals surface area contributed by atoms with E-state index < -0.39 is 48.3 Å². The highest BCUT2D eigenvalue weighted by atomic mass is 31.2. The molecular formula is C33H31F6NOP+. The molecule has 0 aliphatic heterocycles. The maximum atomic E-state index is 13.5. The lowest BCUT2D eigenvalue weighted by Gasteiger charge is -2.32. The van der Waals surface area contributed by atoms with E-state index in [1.54, 1.807) is 0 Å². The van der Waals surface area contributed by atoms with Crippen LogP contribution in [0.2, 0.25) is 0 Å². The molecule has 2 nitrogen and oxygen atoms in total. The second-order valence-electron chi connectivity index (χ2n) is 10.6. The van der Waals surface area contributed by atoms with Crippen LogP contribution < -0.4 is 21.2 Å². The van der Waals surface area contributed by atoms with Crippen LogP contribution in [0.15, 0.2) is 109 Å². The van der Waals surface area contributed by atoms with Gasteiger partial charge in [0.25, 0.3) is 5.91 Å². The molecule has 4 rings (SSSR count). The molecule has 0 aliphatic carbocycles. The van der Waals surface area contributed by atoms with Crippen molar-refractivity contribution < 1.29 is 31.1 Å². The summed E-state index contributed by atoms with van der Waals surface area (Å²) >= 11 is 0. The van der Waals surface area contributed by atoms with Crippen molar-refractivity contribution in [3.63, 3.8) is 0 Å². The third-order valence-electron chi connectivity index (χ3n) is 7.03. The van der Waals surface area contributed by atoms with Gasteiger partial charge in [0.05, 0.1) is 23.3 Å². The second-order valence-corrected chi connectivity index (χ2v) is 14.1.